The summed E-state index contributed by atoms with van der Waals surface area (Å²) in [6, 6.07) is 5.13. The van der Waals surface area contributed by atoms with Gasteiger partial charge in [-0.25, -0.2) is 4.39 Å². The van der Waals surface area contributed by atoms with E-state index in [0.29, 0.717) is 18.0 Å². The first-order chi connectivity index (χ1) is 11.0. The van der Waals surface area contributed by atoms with Crippen LogP contribution < -0.4 is 10.6 Å². The Morgan fingerprint density at radius 1 is 1.29 bits per heavy atom. The van der Waals surface area contributed by atoms with E-state index in [9.17, 15) is 4.39 Å². The highest BCUT2D eigenvalue weighted by atomic mass is 127. The quantitative estimate of drug-likeness (QED) is 0.359. The van der Waals surface area contributed by atoms with Crippen molar-refractivity contribution in [3.8, 4) is 0 Å². The predicted octanol–water partition coefficient (Wildman–Crippen LogP) is 3.87. The van der Waals surface area contributed by atoms with Crippen LogP contribution in [-0.2, 0) is 11.3 Å². The summed E-state index contributed by atoms with van der Waals surface area (Å²) in [4.78, 5) is 4.21. The molecular formula is C18H31FIN3O. The molecule has 138 valence electrons. The lowest BCUT2D eigenvalue weighted by molar-refractivity contribution is 0.0258. The van der Waals surface area contributed by atoms with Crippen molar-refractivity contribution in [1.82, 2.24) is 10.6 Å². The molecule has 24 heavy (non-hydrogen) atoms. The number of aryl methyl sites for hydroxylation is 1. The molecule has 0 spiro atoms. The first kappa shape index (κ1) is 23.1. The van der Waals surface area contributed by atoms with Crippen molar-refractivity contribution in [2.24, 2.45) is 10.9 Å². The molecule has 0 bridgehead atoms. The third-order valence-corrected chi connectivity index (χ3v) is 3.75. The summed E-state index contributed by atoms with van der Waals surface area (Å²) in [7, 11) is 1.74. The molecule has 0 aliphatic heterocycles. The molecule has 0 aliphatic carbocycles. The maximum atomic E-state index is 13.3. The minimum Gasteiger partial charge on any atom is -0.378 e. The molecule has 4 nitrogen and oxygen atoms in total. The van der Waals surface area contributed by atoms with Gasteiger partial charge in [0, 0.05) is 26.7 Å². The second kappa shape index (κ2) is 12.5. The molecular weight excluding hydrogens is 420 g/mol. The SMILES string of the molecule is CCOC(CCNC(=NC)NCc1ccc(F)c(C)c1)C(C)C.I. The molecule has 0 amide bonds. The Morgan fingerprint density at radius 3 is 2.54 bits per heavy atom. The number of halogens is 2. The van der Waals surface area contributed by atoms with Gasteiger partial charge in [0.15, 0.2) is 5.96 Å². The molecule has 6 heteroatoms. The summed E-state index contributed by atoms with van der Waals surface area (Å²) in [6.07, 6.45) is 1.19. The van der Waals surface area contributed by atoms with Crippen LogP contribution in [0, 0.1) is 18.7 Å². The molecule has 1 aromatic rings. The van der Waals surface area contributed by atoms with Crippen LogP contribution >= 0.6 is 24.0 Å². The van der Waals surface area contributed by atoms with Crippen LogP contribution in [0.25, 0.3) is 0 Å². The van der Waals surface area contributed by atoms with Crippen LogP contribution in [0.1, 0.15) is 38.3 Å². The van der Waals surface area contributed by atoms with Crippen molar-refractivity contribution in [3.05, 3.63) is 35.1 Å². The lowest BCUT2D eigenvalue weighted by atomic mass is 10.0. The van der Waals surface area contributed by atoms with Crippen LogP contribution in [0.5, 0.6) is 0 Å². The third-order valence-electron chi connectivity index (χ3n) is 3.75. The monoisotopic (exact) mass is 451 g/mol. The van der Waals surface area contributed by atoms with Gasteiger partial charge in [0.2, 0.25) is 0 Å². The molecule has 0 radical (unpaired) electrons. The van der Waals surface area contributed by atoms with Crippen molar-refractivity contribution >= 4 is 29.9 Å². The summed E-state index contributed by atoms with van der Waals surface area (Å²) < 4.78 is 19.0. The van der Waals surface area contributed by atoms with Crippen molar-refractivity contribution in [3.63, 3.8) is 0 Å². The van der Waals surface area contributed by atoms with E-state index >= 15 is 0 Å². The molecule has 1 rings (SSSR count). The van der Waals surface area contributed by atoms with Gasteiger partial charge in [-0.15, -0.1) is 24.0 Å². The maximum Gasteiger partial charge on any atom is 0.191 e. The largest absolute Gasteiger partial charge is 0.378 e. The van der Waals surface area contributed by atoms with E-state index < -0.39 is 0 Å². The second-order valence-electron chi connectivity index (χ2n) is 5.96. The van der Waals surface area contributed by atoms with Gasteiger partial charge in [-0.3, -0.25) is 4.99 Å². The summed E-state index contributed by atoms with van der Waals surface area (Å²) >= 11 is 0. The number of nitrogens with one attached hydrogen (secondary N) is 2. The van der Waals surface area contributed by atoms with Gasteiger partial charge in [0.1, 0.15) is 5.82 Å². The Kier molecular flexibility index (Phi) is 12.0. The van der Waals surface area contributed by atoms with Crippen LogP contribution in [-0.4, -0.2) is 32.3 Å². The third kappa shape index (κ3) is 8.28. The van der Waals surface area contributed by atoms with Crippen molar-refractivity contribution in [2.75, 3.05) is 20.2 Å². The maximum absolute atomic E-state index is 13.3. The fourth-order valence-electron chi connectivity index (χ4n) is 2.38. The number of hydrogen-bond acceptors (Lipinski definition) is 2. The molecule has 0 aliphatic rings. The summed E-state index contributed by atoms with van der Waals surface area (Å²) in [5.74, 6) is 1.06. The highest BCUT2D eigenvalue weighted by Crippen LogP contribution is 2.10. The Balaban J connectivity index is 0.00000529. The first-order valence-electron chi connectivity index (χ1n) is 8.29. The number of guanidine groups is 1. The number of rotatable bonds is 8. The molecule has 1 unspecified atom stereocenters. The Bertz CT molecular complexity index is 509. The molecule has 1 atom stereocenters. The van der Waals surface area contributed by atoms with Crippen LogP contribution in [0.3, 0.4) is 0 Å². The second-order valence-corrected chi connectivity index (χ2v) is 5.96. The number of nitrogens with zero attached hydrogens (tertiary/aromatic N) is 1. The van der Waals surface area contributed by atoms with E-state index in [0.717, 1.165) is 31.1 Å². The number of benzene rings is 1. The van der Waals surface area contributed by atoms with Gasteiger partial charge in [-0.2, -0.15) is 0 Å². The lowest BCUT2D eigenvalue weighted by Crippen LogP contribution is -2.38. The number of ether oxygens (including phenoxy) is 1. The zero-order valence-corrected chi connectivity index (χ0v) is 17.7. The Morgan fingerprint density at radius 2 is 2.00 bits per heavy atom. The van der Waals surface area contributed by atoms with Gasteiger partial charge in [-0.1, -0.05) is 26.0 Å². The van der Waals surface area contributed by atoms with E-state index in [4.69, 9.17) is 4.74 Å². The normalized spacial score (nSPS) is 12.7. The zero-order chi connectivity index (χ0) is 17.2. The average molecular weight is 451 g/mol. The van der Waals surface area contributed by atoms with Crippen LogP contribution in [0.4, 0.5) is 4.39 Å². The van der Waals surface area contributed by atoms with E-state index in [1.807, 2.05) is 13.0 Å². The van der Waals surface area contributed by atoms with Crippen molar-refractivity contribution in [1.29, 1.82) is 0 Å². The predicted molar refractivity (Wildman–Crippen MR) is 110 cm³/mol. The van der Waals surface area contributed by atoms with Crippen molar-refractivity contribution in [2.45, 2.75) is 46.8 Å². The number of hydrogen-bond donors (Lipinski definition) is 2. The standard InChI is InChI=1S/C18H30FN3O.HI/c1-6-23-17(13(2)3)9-10-21-18(20-5)22-12-15-7-8-16(19)14(4)11-15;/h7-8,11,13,17H,6,9-10,12H2,1-5H3,(H2,20,21,22);1H. The molecule has 0 saturated carbocycles. The molecule has 2 N–H and O–H groups in total. The minimum absolute atomic E-state index is 0. The smallest absolute Gasteiger partial charge is 0.191 e. The van der Waals surface area contributed by atoms with E-state index in [1.165, 1.54) is 6.07 Å². The highest BCUT2D eigenvalue weighted by Gasteiger charge is 2.12. The molecule has 0 heterocycles. The Labute approximate surface area is 162 Å². The fourth-order valence-corrected chi connectivity index (χ4v) is 2.38. The van der Waals surface area contributed by atoms with Gasteiger partial charge in [-0.05, 0) is 43.4 Å². The van der Waals surface area contributed by atoms with Gasteiger partial charge in [0.25, 0.3) is 0 Å². The summed E-state index contributed by atoms with van der Waals surface area (Å²) in [5.41, 5.74) is 1.69. The zero-order valence-electron chi connectivity index (χ0n) is 15.4. The highest BCUT2D eigenvalue weighted by molar-refractivity contribution is 14.0. The van der Waals surface area contributed by atoms with Gasteiger partial charge >= 0.3 is 0 Å². The molecule has 0 fully saturated rings. The molecule has 0 aromatic heterocycles. The molecule has 0 saturated heterocycles. The van der Waals surface area contributed by atoms with E-state index in [-0.39, 0.29) is 35.9 Å². The molecule has 1 aromatic carbocycles. The van der Waals surface area contributed by atoms with Gasteiger partial charge in [0.05, 0.1) is 6.10 Å². The van der Waals surface area contributed by atoms with Crippen LogP contribution in [0.15, 0.2) is 23.2 Å². The average Bonchev–Trinajstić information content (AvgIpc) is 2.52. The first-order valence-corrected chi connectivity index (χ1v) is 8.29. The summed E-state index contributed by atoms with van der Waals surface area (Å²) in [6.45, 7) is 10.3. The lowest BCUT2D eigenvalue weighted by Gasteiger charge is -2.21. The minimum atomic E-state index is -0.174. The van der Waals surface area contributed by atoms with E-state index in [2.05, 4.69) is 29.5 Å². The summed E-state index contributed by atoms with van der Waals surface area (Å²) in [5, 5.41) is 6.54. The van der Waals surface area contributed by atoms with Gasteiger partial charge < -0.3 is 15.4 Å². The topological polar surface area (TPSA) is 45.6 Å². The number of aliphatic imine (C=N–C) groups is 1. The Hall–Kier alpha value is -0.890. The fraction of sp³-hybridized carbons (Fsp3) is 0.611. The van der Waals surface area contributed by atoms with Crippen LogP contribution in [0.2, 0.25) is 0 Å². The van der Waals surface area contributed by atoms with E-state index in [1.54, 1.807) is 20.0 Å². The van der Waals surface area contributed by atoms with Crippen molar-refractivity contribution < 1.29 is 9.13 Å².